The molecule has 48 heavy (non-hydrogen) atoms. The van der Waals surface area contributed by atoms with Gasteiger partial charge < -0.3 is 4.57 Å². The van der Waals surface area contributed by atoms with Gasteiger partial charge >= 0.3 is 0 Å². The number of fused-ring (bicyclic) bond motifs is 4. The fraction of sp³-hybridized carbons (Fsp3) is 0.106. The van der Waals surface area contributed by atoms with E-state index in [-0.39, 0.29) is 0 Å². The number of aromatic nitrogens is 1. The van der Waals surface area contributed by atoms with Crippen LogP contribution in [-0.4, -0.2) is 4.57 Å². The van der Waals surface area contributed by atoms with Gasteiger partial charge in [-0.3, -0.25) is 0 Å². The van der Waals surface area contributed by atoms with Gasteiger partial charge in [0.15, 0.2) is 0 Å². The number of allylic oxidation sites excluding steroid dienone is 1. The van der Waals surface area contributed by atoms with Crippen molar-refractivity contribution in [3.63, 3.8) is 0 Å². The van der Waals surface area contributed by atoms with Crippen LogP contribution in [0.4, 0.5) is 0 Å². The minimum Gasteiger partial charge on any atom is -0.313 e. The summed E-state index contributed by atoms with van der Waals surface area (Å²) in [5.41, 5.74) is 13.2. The van der Waals surface area contributed by atoms with Crippen LogP contribution in [0, 0.1) is 5.92 Å². The average molecular weight is 616 g/mol. The first-order chi connectivity index (χ1) is 23.7. The van der Waals surface area contributed by atoms with E-state index in [1.807, 2.05) is 0 Å². The van der Waals surface area contributed by atoms with E-state index in [2.05, 4.69) is 176 Å². The molecule has 8 aromatic rings. The van der Waals surface area contributed by atoms with Crippen LogP contribution in [0.3, 0.4) is 0 Å². The molecule has 1 aliphatic carbocycles. The molecule has 230 valence electrons. The molecule has 0 saturated carbocycles. The molecule has 1 heterocycles. The monoisotopic (exact) mass is 615 g/mol. The number of hydrogen-bond donors (Lipinski definition) is 0. The van der Waals surface area contributed by atoms with E-state index in [0.29, 0.717) is 5.92 Å². The SMILES string of the molecule is CCc1c2c(n(-c3ccc(-c4c5ccccc5c(-c5ccc6ccccc6c5)c5ccccc45)cc3)c1-c1ccccc1)CC(C)C=C2. The fourth-order valence-corrected chi connectivity index (χ4v) is 8.14. The van der Waals surface area contributed by atoms with Crippen LogP contribution in [-0.2, 0) is 12.8 Å². The minimum absolute atomic E-state index is 0.512. The Hall–Kier alpha value is -5.66. The van der Waals surface area contributed by atoms with E-state index in [9.17, 15) is 0 Å². The summed E-state index contributed by atoms with van der Waals surface area (Å²) in [5.74, 6) is 0.512. The molecule has 0 amide bonds. The molecule has 1 atom stereocenters. The number of nitrogens with zero attached hydrogens (tertiary/aromatic N) is 1. The molecule has 1 aliphatic rings. The summed E-state index contributed by atoms with van der Waals surface area (Å²) in [7, 11) is 0. The van der Waals surface area contributed by atoms with Crippen LogP contribution in [0.15, 0.2) is 152 Å². The van der Waals surface area contributed by atoms with Crippen LogP contribution in [0.2, 0.25) is 0 Å². The molecular formula is C47H37N. The molecule has 0 fully saturated rings. The van der Waals surface area contributed by atoms with E-state index >= 15 is 0 Å². The van der Waals surface area contributed by atoms with Gasteiger partial charge in [0, 0.05) is 11.4 Å². The van der Waals surface area contributed by atoms with E-state index in [1.54, 1.807) is 0 Å². The van der Waals surface area contributed by atoms with Gasteiger partial charge in [0.1, 0.15) is 0 Å². The van der Waals surface area contributed by atoms with Gasteiger partial charge in [-0.15, -0.1) is 0 Å². The Kier molecular flexibility index (Phi) is 6.87. The van der Waals surface area contributed by atoms with Crippen LogP contribution < -0.4 is 0 Å². The molecule has 0 spiro atoms. The van der Waals surface area contributed by atoms with Crippen molar-refractivity contribution >= 4 is 38.4 Å². The third-order valence-electron chi connectivity index (χ3n) is 10.3. The molecule has 1 unspecified atom stereocenters. The van der Waals surface area contributed by atoms with Gasteiger partial charge in [-0.2, -0.15) is 0 Å². The van der Waals surface area contributed by atoms with Crippen molar-refractivity contribution in [2.75, 3.05) is 0 Å². The second-order valence-electron chi connectivity index (χ2n) is 13.2. The van der Waals surface area contributed by atoms with Gasteiger partial charge in [-0.1, -0.05) is 153 Å². The highest BCUT2D eigenvalue weighted by molar-refractivity contribution is 6.21. The molecule has 0 radical (unpaired) electrons. The third-order valence-corrected chi connectivity index (χ3v) is 10.3. The summed E-state index contributed by atoms with van der Waals surface area (Å²) in [6.07, 6.45) is 6.79. The van der Waals surface area contributed by atoms with Crippen molar-refractivity contribution in [1.82, 2.24) is 4.57 Å². The zero-order valence-electron chi connectivity index (χ0n) is 27.4. The molecule has 7 aromatic carbocycles. The van der Waals surface area contributed by atoms with Gasteiger partial charge in [0.05, 0.1) is 5.69 Å². The van der Waals surface area contributed by atoms with Crippen LogP contribution >= 0.6 is 0 Å². The molecule has 9 rings (SSSR count). The van der Waals surface area contributed by atoms with Gasteiger partial charge in [0.2, 0.25) is 0 Å². The molecule has 0 bridgehead atoms. The maximum atomic E-state index is 2.55. The van der Waals surface area contributed by atoms with Crippen LogP contribution in [0.5, 0.6) is 0 Å². The first-order valence-corrected chi connectivity index (χ1v) is 17.2. The highest BCUT2D eigenvalue weighted by Gasteiger charge is 2.26. The van der Waals surface area contributed by atoms with Gasteiger partial charge in [0.25, 0.3) is 0 Å². The zero-order chi connectivity index (χ0) is 32.2. The normalized spacial score (nSPS) is 14.2. The second kappa shape index (κ2) is 11.5. The predicted molar refractivity (Wildman–Crippen MR) is 206 cm³/mol. The summed E-state index contributed by atoms with van der Waals surface area (Å²) in [5, 5.41) is 7.66. The van der Waals surface area contributed by atoms with E-state index in [0.717, 1.165) is 12.8 Å². The topological polar surface area (TPSA) is 4.93 Å². The molecule has 0 N–H and O–H groups in total. The lowest BCUT2D eigenvalue weighted by Crippen LogP contribution is -2.09. The molecule has 1 heteroatoms. The number of hydrogen-bond acceptors (Lipinski definition) is 0. The molecule has 1 nitrogen and oxygen atoms in total. The first-order valence-electron chi connectivity index (χ1n) is 17.2. The Labute approximate surface area is 282 Å². The highest BCUT2D eigenvalue weighted by Crippen LogP contribution is 2.45. The Bertz CT molecular complexity index is 2450. The number of benzene rings is 7. The smallest absolute Gasteiger partial charge is 0.0569 e. The minimum atomic E-state index is 0.512. The number of rotatable bonds is 5. The molecular weight excluding hydrogens is 579 g/mol. The lowest BCUT2D eigenvalue weighted by atomic mass is 9.85. The zero-order valence-corrected chi connectivity index (χ0v) is 27.4. The average Bonchev–Trinajstić information content (AvgIpc) is 3.47. The van der Waals surface area contributed by atoms with E-state index in [4.69, 9.17) is 0 Å². The molecule has 0 aliphatic heterocycles. The summed E-state index contributed by atoms with van der Waals surface area (Å²) in [6, 6.07) is 53.7. The van der Waals surface area contributed by atoms with Crippen molar-refractivity contribution in [3.05, 3.63) is 168 Å². The highest BCUT2D eigenvalue weighted by atomic mass is 15.0. The first kappa shape index (κ1) is 28.6. The molecule has 1 aromatic heterocycles. The summed E-state index contributed by atoms with van der Waals surface area (Å²) in [6.45, 7) is 4.62. The summed E-state index contributed by atoms with van der Waals surface area (Å²) in [4.78, 5) is 0. The second-order valence-corrected chi connectivity index (χ2v) is 13.2. The predicted octanol–water partition coefficient (Wildman–Crippen LogP) is 12.7. The van der Waals surface area contributed by atoms with Gasteiger partial charge in [-0.05, 0) is 108 Å². The van der Waals surface area contributed by atoms with Crippen molar-refractivity contribution in [2.45, 2.75) is 26.7 Å². The Morgan fingerprint density at radius 1 is 0.562 bits per heavy atom. The van der Waals surface area contributed by atoms with Crippen molar-refractivity contribution < 1.29 is 0 Å². The standard InChI is InChI=1S/C47H37N/c1-3-38-39-28-21-31(2)29-44(39)48(47(38)34-14-5-4-6-15-34)37-26-24-33(25-27-37)45-40-17-9-11-19-42(40)46(43-20-12-10-18-41(43)45)36-23-22-32-13-7-8-16-35(32)30-36/h4-28,30-31H,3,29H2,1-2H3. The maximum Gasteiger partial charge on any atom is 0.0569 e. The maximum absolute atomic E-state index is 2.55. The Balaban J connectivity index is 1.25. The third kappa shape index (κ3) is 4.53. The van der Waals surface area contributed by atoms with E-state index < -0.39 is 0 Å². The van der Waals surface area contributed by atoms with Crippen LogP contribution in [0.25, 0.3) is 77.6 Å². The summed E-state index contributed by atoms with van der Waals surface area (Å²) < 4.78 is 2.55. The van der Waals surface area contributed by atoms with Gasteiger partial charge in [-0.25, -0.2) is 0 Å². The largest absolute Gasteiger partial charge is 0.313 e. The fourth-order valence-electron chi connectivity index (χ4n) is 8.14. The lowest BCUT2D eigenvalue weighted by molar-refractivity contribution is 0.688. The van der Waals surface area contributed by atoms with Crippen LogP contribution in [0.1, 0.15) is 30.7 Å². The Morgan fingerprint density at radius 2 is 1.12 bits per heavy atom. The Morgan fingerprint density at radius 3 is 1.77 bits per heavy atom. The van der Waals surface area contributed by atoms with Crippen molar-refractivity contribution in [3.8, 4) is 39.2 Å². The van der Waals surface area contributed by atoms with E-state index in [1.165, 1.54) is 88.3 Å². The quantitative estimate of drug-likeness (QED) is 0.170. The van der Waals surface area contributed by atoms with Crippen molar-refractivity contribution in [2.24, 2.45) is 5.92 Å². The van der Waals surface area contributed by atoms with Crippen molar-refractivity contribution in [1.29, 1.82) is 0 Å². The lowest BCUT2D eigenvalue weighted by Gasteiger charge is -2.20. The summed E-state index contributed by atoms with van der Waals surface area (Å²) >= 11 is 0. The molecule has 0 saturated heterocycles.